The summed E-state index contributed by atoms with van der Waals surface area (Å²) in [5.41, 5.74) is 0. The summed E-state index contributed by atoms with van der Waals surface area (Å²) in [7, 11) is -2.41. The van der Waals surface area contributed by atoms with Crippen molar-refractivity contribution < 1.29 is 9.22 Å². The molecule has 0 N–H and O–H groups in total. The Morgan fingerprint density at radius 3 is 1.33 bits per heavy atom. The van der Waals surface area contributed by atoms with E-state index in [-0.39, 0.29) is 21.1 Å². The minimum atomic E-state index is -2.41. The van der Waals surface area contributed by atoms with Gasteiger partial charge in [-0.1, -0.05) is 68.9 Å². The van der Waals surface area contributed by atoms with Crippen LogP contribution < -0.4 is 0 Å². The second-order valence-corrected chi connectivity index (χ2v) is 14.1. The highest BCUT2D eigenvalue weighted by atomic mass is 28.4. The van der Waals surface area contributed by atoms with Gasteiger partial charge < -0.3 is 4.43 Å². The van der Waals surface area contributed by atoms with E-state index in [9.17, 15) is 4.79 Å². The van der Waals surface area contributed by atoms with Crippen LogP contribution in [0.4, 0.5) is 0 Å². The SMILES string of the molecule is C=CC(=O)O[Si](C(C)(C)C)(C(C)(C)C)C(C)(C)C. The van der Waals surface area contributed by atoms with Gasteiger partial charge in [0.1, 0.15) is 0 Å². The van der Waals surface area contributed by atoms with Crippen LogP contribution in [0.1, 0.15) is 62.3 Å². The molecule has 0 saturated heterocycles. The van der Waals surface area contributed by atoms with Crippen LogP contribution >= 0.6 is 0 Å². The van der Waals surface area contributed by atoms with Crippen molar-refractivity contribution in [2.45, 2.75) is 77.4 Å². The third-order valence-electron chi connectivity index (χ3n) is 3.59. The predicted octanol–water partition coefficient (Wildman–Crippen LogP) is 5.06. The van der Waals surface area contributed by atoms with Gasteiger partial charge in [-0.3, -0.25) is 0 Å². The summed E-state index contributed by atoms with van der Waals surface area (Å²) < 4.78 is 6.06. The van der Waals surface area contributed by atoms with E-state index in [2.05, 4.69) is 68.9 Å². The van der Waals surface area contributed by atoms with Gasteiger partial charge in [-0.2, -0.15) is 0 Å². The van der Waals surface area contributed by atoms with Gasteiger partial charge in [-0.05, 0) is 15.1 Å². The van der Waals surface area contributed by atoms with Gasteiger partial charge in [0.2, 0.25) is 0 Å². The first-order valence-electron chi connectivity index (χ1n) is 6.56. The van der Waals surface area contributed by atoms with Gasteiger partial charge in [-0.15, -0.1) is 0 Å². The lowest BCUT2D eigenvalue weighted by atomic mass is 10.2. The van der Waals surface area contributed by atoms with Crippen LogP contribution in [0.2, 0.25) is 15.1 Å². The van der Waals surface area contributed by atoms with Crippen molar-refractivity contribution in [2.75, 3.05) is 0 Å². The molecule has 3 heteroatoms. The molecule has 0 spiro atoms. The van der Waals surface area contributed by atoms with Crippen LogP contribution in [0.15, 0.2) is 12.7 Å². The topological polar surface area (TPSA) is 26.3 Å². The summed E-state index contributed by atoms with van der Waals surface area (Å²) in [4.78, 5) is 11.9. The van der Waals surface area contributed by atoms with Gasteiger partial charge >= 0.3 is 5.97 Å². The van der Waals surface area contributed by atoms with E-state index in [1.807, 2.05) is 0 Å². The molecule has 0 saturated carbocycles. The first kappa shape index (κ1) is 17.4. The predicted molar refractivity (Wildman–Crippen MR) is 81.2 cm³/mol. The Labute approximate surface area is 114 Å². The molecule has 18 heavy (non-hydrogen) atoms. The molecule has 0 radical (unpaired) electrons. The van der Waals surface area contributed by atoms with E-state index < -0.39 is 8.32 Å². The van der Waals surface area contributed by atoms with Crippen LogP contribution in [0.3, 0.4) is 0 Å². The Hall–Kier alpha value is -0.573. The number of carbonyl (C=O) groups is 1. The van der Waals surface area contributed by atoms with E-state index in [1.54, 1.807) is 0 Å². The average molecular weight is 270 g/mol. The lowest BCUT2D eigenvalue weighted by Crippen LogP contribution is -2.61. The van der Waals surface area contributed by atoms with Crippen LogP contribution in [0, 0.1) is 0 Å². The van der Waals surface area contributed by atoms with Crippen LogP contribution in [0.5, 0.6) is 0 Å². The molecule has 0 aliphatic carbocycles. The van der Waals surface area contributed by atoms with Gasteiger partial charge in [0.05, 0.1) is 0 Å². The summed E-state index contributed by atoms with van der Waals surface area (Å²) in [6.07, 6.45) is 1.28. The maximum atomic E-state index is 11.9. The van der Waals surface area contributed by atoms with Crippen molar-refractivity contribution in [1.29, 1.82) is 0 Å². The molecule has 0 amide bonds. The molecule has 0 bridgehead atoms. The van der Waals surface area contributed by atoms with Gasteiger partial charge in [0, 0.05) is 6.08 Å². The Morgan fingerprint density at radius 2 is 1.17 bits per heavy atom. The van der Waals surface area contributed by atoms with Crippen molar-refractivity contribution in [3.63, 3.8) is 0 Å². The van der Waals surface area contributed by atoms with E-state index in [4.69, 9.17) is 4.43 Å². The van der Waals surface area contributed by atoms with E-state index in [0.29, 0.717) is 0 Å². The third-order valence-corrected chi connectivity index (χ3v) is 10.4. The molecule has 0 fully saturated rings. The van der Waals surface area contributed by atoms with Crippen molar-refractivity contribution in [2.24, 2.45) is 0 Å². The molecule has 0 aromatic heterocycles. The molecule has 0 aliphatic heterocycles. The van der Waals surface area contributed by atoms with Crippen molar-refractivity contribution in [3.8, 4) is 0 Å². The standard InChI is InChI=1S/C15H30O2Si/c1-11-12(16)17-18(13(2,3)4,14(5,6)7)15(8,9)10/h11H,1H2,2-10H3. The summed E-state index contributed by atoms with van der Waals surface area (Å²) in [6.45, 7) is 23.2. The van der Waals surface area contributed by atoms with Crippen LogP contribution in [0.25, 0.3) is 0 Å². The third kappa shape index (κ3) is 2.87. The quantitative estimate of drug-likeness (QED) is 0.518. The Morgan fingerprint density at radius 1 is 0.889 bits per heavy atom. The Bertz CT molecular complexity index is 288. The molecule has 2 nitrogen and oxygen atoms in total. The van der Waals surface area contributed by atoms with Crippen LogP contribution in [-0.2, 0) is 9.22 Å². The Balaban J connectivity index is 6.08. The molecule has 106 valence electrons. The van der Waals surface area contributed by atoms with Crippen molar-refractivity contribution >= 4 is 14.3 Å². The zero-order valence-electron chi connectivity index (χ0n) is 13.6. The summed E-state index contributed by atoms with van der Waals surface area (Å²) in [5.74, 6) is -0.290. The molecule has 0 heterocycles. The van der Waals surface area contributed by atoms with E-state index in [0.717, 1.165) is 0 Å². The molecule has 0 rings (SSSR count). The van der Waals surface area contributed by atoms with Crippen LogP contribution in [-0.4, -0.2) is 14.3 Å². The minimum Gasteiger partial charge on any atom is -0.514 e. The highest BCUT2D eigenvalue weighted by molar-refractivity contribution is 6.83. The monoisotopic (exact) mass is 270 g/mol. The summed E-state index contributed by atoms with van der Waals surface area (Å²) in [6, 6.07) is 0. The molecular formula is C15H30O2Si. The second-order valence-electron chi connectivity index (χ2n) is 8.06. The maximum Gasteiger partial charge on any atom is 0.316 e. The van der Waals surface area contributed by atoms with Crippen molar-refractivity contribution in [3.05, 3.63) is 12.7 Å². The first-order valence-corrected chi connectivity index (χ1v) is 8.47. The second kappa shape index (κ2) is 4.84. The Kier molecular flexibility index (Phi) is 4.68. The first-order chi connectivity index (χ1) is 7.70. The summed E-state index contributed by atoms with van der Waals surface area (Å²) in [5, 5.41) is -0.119. The largest absolute Gasteiger partial charge is 0.514 e. The number of hydrogen-bond acceptors (Lipinski definition) is 2. The zero-order chi connectivity index (χ0) is 15.0. The number of carbonyl (C=O) groups excluding carboxylic acids is 1. The van der Waals surface area contributed by atoms with Gasteiger partial charge in [-0.25, -0.2) is 4.79 Å². The fourth-order valence-electron chi connectivity index (χ4n) is 4.03. The smallest absolute Gasteiger partial charge is 0.316 e. The molecule has 0 aliphatic rings. The minimum absolute atomic E-state index is 0.0395. The normalized spacial score (nSPS) is 14.3. The lowest BCUT2D eigenvalue weighted by Gasteiger charge is -2.56. The van der Waals surface area contributed by atoms with E-state index in [1.165, 1.54) is 6.08 Å². The molecule has 0 unspecified atom stereocenters. The maximum absolute atomic E-state index is 11.9. The van der Waals surface area contributed by atoms with Gasteiger partial charge in [0.25, 0.3) is 8.32 Å². The highest BCUT2D eigenvalue weighted by Gasteiger charge is 2.64. The van der Waals surface area contributed by atoms with E-state index >= 15 is 0 Å². The van der Waals surface area contributed by atoms with Crippen molar-refractivity contribution in [1.82, 2.24) is 0 Å². The highest BCUT2D eigenvalue weighted by Crippen LogP contribution is 2.62. The molecule has 0 atom stereocenters. The fraction of sp³-hybridized carbons (Fsp3) is 0.800. The number of hydrogen-bond donors (Lipinski definition) is 0. The summed E-state index contributed by atoms with van der Waals surface area (Å²) >= 11 is 0. The number of rotatable bonds is 2. The molecule has 0 aromatic rings. The zero-order valence-corrected chi connectivity index (χ0v) is 14.6. The lowest BCUT2D eigenvalue weighted by molar-refractivity contribution is -0.130. The van der Waals surface area contributed by atoms with Gasteiger partial charge in [0.15, 0.2) is 0 Å². The molecular weight excluding hydrogens is 240 g/mol. The molecule has 0 aromatic carbocycles. The fourth-order valence-corrected chi connectivity index (χ4v) is 12.1. The average Bonchev–Trinajstić information content (AvgIpc) is 2.07.